The molecule has 0 heterocycles. The van der Waals surface area contributed by atoms with Crippen molar-refractivity contribution in [1.82, 2.24) is 5.32 Å². The fraction of sp³-hybridized carbons (Fsp3) is 0.350. The van der Waals surface area contributed by atoms with E-state index in [0.29, 0.717) is 5.56 Å². The van der Waals surface area contributed by atoms with Crippen molar-refractivity contribution in [2.75, 3.05) is 5.75 Å². The third-order valence-corrected chi connectivity index (χ3v) is 6.03. The number of carbonyl (C=O) groups excluding carboxylic acids is 1. The maximum atomic E-state index is 13.2. The van der Waals surface area contributed by atoms with Crippen LogP contribution in [0.15, 0.2) is 53.0 Å². The van der Waals surface area contributed by atoms with Crippen molar-refractivity contribution < 1.29 is 17.6 Å². The van der Waals surface area contributed by atoms with Gasteiger partial charge in [-0.1, -0.05) is 61.0 Å². The van der Waals surface area contributed by atoms with Gasteiger partial charge in [-0.3, -0.25) is 4.79 Å². The average Bonchev–Trinajstić information content (AvgIpc) is 2.54. The van der Waals surface area contributed by atoms with Crippen LogP contribution in [0.2, 0.25) is 0 Å². The quantitative estimate of drug-likeness (QED) is 0.701. The summed E-state index contributed by atoms with van der Waals surface area (Å²) in [6.45, 7) is 5.78. The van der Waals surface area contributed by atoms with Gasteiger partial charge in [0, 0.05) is 4.47 Å². The molecule has 27 heavy (non-hydrogen) atoms. The molecule has 1 N–H and O–H groups in total. The van der Waals surface area contributed by atoms with E-state index < -0.39 is 27.5 Å². The predicted molar refractivity (Wildman–Crippen MR) is 108 cm³/mol. The lowest BCUT2D eigenvalue weighted by atomic mass is 9.82. The van der Waals surface area contributed by atoms with Gasteiger partial charge in [0.15, 0.2) is 9.84 Å². The van der Waals surface area contributed by atoms with E-state index in [0.717, 1.165) is 10.0 Å². The first kappa shape index (κ1) is 21.6. The van der Waals surface area contributed by atoms with Gasteiger partial charge in [0.25, 0.3) is 0 Å². The van der Waals surface area contributed by atoms with Crippen LogP contribution in [-0.2, 0) is 20.4 Å². The van der Waals surface area contributed by atoms with Crippen LogP contribution in [0.1, 0.15) is 37.9 Å². The minimum Gasteiger partial charge on any atom is -0.348 e. The number of nitrogens with one attached hydrogen (secondary N) is 1. The number of rotatable bonds is 6. The Hall–Kier alpha value is -1.73. The van der Waals surface area contributed by atoms with Crippen molar-refractivity contribution in [1.29, 1.82) is 0 Å². The van der Waals surface area contributed by atoms with Crippen LogP contribution in [0.5, 0.6) is 0 Å². The molecule has 0 bridgehead atoms. The first-order valence-electron chi connectivity index (χ1n) is 8.46. The van der Waals surface area contributed by atoms with E-state index in [-0.39, 0.29) is 17.0 Å². The molecular formula is C20H23BrFNO3S. The van der Waals surface area contributed by atoms with Gasteiger partial charge in [0.2, 0.25) is 5.91 Å². The third kappa shape index (κ3) is 6.74. The lowest BCUT2D eigenvalue weighted by molar-refractivity contribution is -0.120. The molecule has 7 heteroatoms. The summed E-state index contributed by atoms with van der Waals surface area (Å²) in [5.41, 5.74) is 0.975. The van der Waals surface area contributed by atoms with Crippen LogP contribution in [0, 0.1) is 11.2 Å². The van der Waals surface area contributed by atoms with Crippen LogP contribution in [0.25, 0.3) is 0 Å². The monoisotopic (exact) mass is 455 g/mol. The molecular weight excluding hydrogens is 433 g/mol. The van der Waals surface area contributed by atoms with Crippen molar-refractivity contribution in [3.05, 3.63) is 69.9 Å². The van der Waals surface area contributed by atoms with Crippen molar-refractivity contribution in [3.63, 3.8) is 0 Å². The van der Waals surface area contributed by atoms with E-state index in [1.54, 1.807) is 36.4 Å². The molecule has 0 aliphatic heterocycles. The van der Waals surface area contributed by atoms with Crippen molar-refractivity contribution in [2.24, 2.45) is 5.41 Å². The fourth-order valence-corrected chi connectivity index (χ4v) is 4.29. The molecule has 0 radical (unpaired) electrons. The highest BCUT2D eigenvalue weighted by molar-refractivity contribution is 9.10. The summed E-state index contributed by atoms with van der Waals surface area (Å²) in [6.07, 6.45) is 0. The second-order valence-electron chi connectivity index (χ2n) is 7.58. The van der Waals surface area contributed by atoms with E-state index in [1.165, 1.54) is 12.1 Å². The molecule has 0 aromatic heterocycles. The summed E-state index contributed by atoms with van der Waals surface area (Å²) < 4.78 is 38.8. The lowest BCUT2D eigenvalue weighted by Crippen LogP contribution is -2.39. The minimum absolute atomic E-state index is 0.204. The molecule has 4 nitrogen and oxygen atoms in total. The van der Waals surface area contributed by atoms with Gasteiger partial charge in [0.05, 0.1) is 11.8 Å². The molecule has 1 atom stereocenters. The Bertz CT molecular complexity index is 888. The Kier molecular flexibility index (Phi) is 6.81. The minimum atomic E-state index is -3.61. The van der Waals surface area contributed by atoms with Gasteiger partial charge in [-0.25, -0.2) is 12.8 Å². The predicted octanol–water partition coefficient (Wildman–Crippen LogP) is 4.41. The standard InChI is InChI=1S/C20H23BrFNO3S/c1-20(2,3)19(15-6-10-17(22)11-7-15)23-18(24)13-27(25,26)12-14-4-8-16(21)9-5-14/h4-11,19H,12-13H2,1-3H3,(H,23,24). The zero-order chi connectivity index (χ0) is 20.2. The number of amides is 1. The zero-order valence-electron chi connectivity index (χ0n) is 15.5. The number of carbonyl (C=O) groups is 1. The summed E-state index contributed by atoms with van der Waals surface area (Å²) >= 11 is 3.30. The number of hydrogen-bond acceptors (Lipinski definition) is 3. The summed E-state index contributed by atoms with van der Waals surface area (Å²) in [6, 6.07) is 12.3. The molecule has 146 valence electrons. The van der Waals surface area contributed by atoms with E-state index in [1.807, 2.05) is 20.8 Å². The Balaban J connectivity index is 2.10. The molecule has 0 saturated heterocycles. The zero-order valence-corrected chi connectivity index (χ0v) is 17.9. The molecule has 0 aliphatic carbocycles. The van der Waals surface area contributed by atoms with Crippen molar-refractivity contribution in [3.8, 4) is 0 Å². The molecule has 0 spiro atoms. The first-order chi connectivity index (χ1) is 12.5. The number of halogens is 2. The Morgan fingerprint density at radius 3 is 2.15 bits per heavy atom. The Morgan fingerprint density at radius 2 is 1.63 bits per heavy atom. The van der Waals surface area contributed by atoms with Crippen molar-refractivity contribution >= 4 is 31.7 Å². The Labute approximate surface area is 168 Å². The summed E-state index contributed by atoms with van der Waals surface area (Å²) in [4.78, 5) is 12.4. The number of sulfone groups is 1. The topological polar surface area (TPSA) is 63.2 Å². The van der Waals surface area contributed by atoms with Crippen LogP contribution in [0.4, 0.5) is 4.39 Å². The lowest BCUT2D eigenvalue weighted by Gasteiger charge is -2.32. The van der Waals surface area contributed by atoms with E-state index >= 15 is 0 Å². The number of benzene rings is 2. The normalized spacial score (nSPS) is 13.2. The van der Waals surface area contributed by atoms with E-state index in [9.17, 15) is 17.6 Å². The molecule has 2 aromatic rings. The van der Waals surface area contributed by atoms with Gasteiger partial charge in [0.1, 0.15) is 11.6 Å². The van der Waals surface area contributed by atoms with Crippen LogP contribution in [0.3, 0.4) is 0 Å². The van der Waals surface area contributed by atoms with Gasteiger partial charge in [-0.2, -0.15) is 0 Å². The smallest absolute Gasteiger partial charge is 0.235 e. The second-order valence-corrected chi connectivity index (χ2v) is 10.6. The molecule has 1 amide bonds. The SMILES string of the molecule is CC(C)(C)C(NC(=O)CS(=O)(=O)Cc1ccc(Br)cc1)c1ccc(F)cc1. The summed E-state index contributed by atoms with van der Waals surface area (Å²) in [5, 5.41) is 2.80. The Morgan fingerprint density at radius 1 is 1.07 bits per heavy atom. The fourth-order valence-electron chi connectivity index (χ4n) is 2.74. The highest BCUT2D eigenvalue weighted by atomic mass is 79.9. The van der Waals surface area contributed by atoms with Crippen LogP contribution >= 0.6 is 15.9 Å². The maximum absolute atomic E-state index is 13.2. The average molecular weight is 456 g/mol. The molecule has 2 rings (SSSR count). The number of hydrogen-bond donors (Lipinski definition) is 1. The maximum Gasteiger partial charge on any atom is 0.235 e. The van der Waals surface area contributed by atoms with E-state index in [2.05, 4.69) is 21.2 Å². The van der Waals surface area contributed by atoms with Gasteiger partial charge in [-0.15, -0.1) is 0 Å². The molecule has 0 aliphatic rings. The molecule has 0 fully saturated rings. The van der Waals surface area contributed by atoms with E-state index in [4.69, 9.17) is 0 Å². The highest BCUT2D eigenvalue weighted by Crippen LogP contribution is 2.32. The summed E-state index contributed by atoms with van der Waals surface area (Å²) in [7, 11) is -3.61. The van der Waals surface area contributed by atoms with Gasteiger partial charge in [-0.05, 0) is 40.8 Å². The molecule has 2 aromatic carbocycles. The van der Waals surface area contributed by atoms with Gasteiger partial charge >= 0.3 is 0 Å². The highest BCUT2D eigenvalue weighted by Gasteiger charge is 2.29. The van der Waals surface area contributed by atoms with Crippen LogP contribution in [-0.4, -0.2) is 20.1 Å². The second kappa shape index (κ2) is 8.52. The van der Waals surface area contributed by atoms with Crippen LogP contribution < -0.4 is 5.32 Å². The molecule has 1 unspecified atom stereocenters. The van der Waals surface area contributed by atoms with Crippen molar-refractivity contribution in [2.45, 2.75) is 32.6 Å². The van der Waals surface area contributed by atoms with Gasteiger partial charge < -0.3 is 5.32 Å². The third-order valence-electron chi connectivity index (χ3n) is 4.03. The molecule has 0 saturated carbocycles. The first-order valence-corrected chi connectivity index (χ1v) is 11.1. The largest absolute Gasteiger partial charge is 0.348 e. The summed E-state index contributed by atoms with van der Waals surface area (Å²) in [5.74, 6) is -1.74.